The first-order valence-corrected chi connectivity index (χ1v) is 4.36. The van der Waals surface area contributed by atoms with Crippen LogP contribution in [0.15, 0.2) is 12.2 Å². The largest absolute Gasteiger partial charge is 0.300 e. The summed E-state index contributed by atoms with van der Waals surface area (Å²) in [5.74, 6) is 0. The molecule has 1 fully saturated rings. The molecule has 1 saturated heterocycles. The number of rotatable bonds is 1. The van der Waals surface area contributed by atoms with Crippen molar-refractivity contribution in [3.63, 3.8) is 0 Å². The van der Waals surface area contributed by atoms with Gasteiger partial charge in [-0.3, -0.25) is 4.90 Å². The fourth-order valence-electron chi connectivity index (χ4n) is 1.82. The highest BCUT2D eigenvalue weighted by atomic mass is 15.2. The molecule has 1 aliphatic carbocycles. The zero-order valence-electron chi connectivity index (χ0n) is 6.42. The second kappa shape index (κ2) is 2.75. The van der Waals surface area contributed by atoms with Gasteiger partial charge in [-0.15, -0.1) is 0 Å². The van der Waals surface area contributed by atoms with E-state index < -0.39 is 0 Å². The van der Waals surface area contributed by atoms with Gasteiger partial charge in [0.1, 0.15) is 0 Å². The van der Waals surface area contributed by atoms with Crippen molar-refractivity contribution in [2.75, 3.05) is 13.1 Å². The van der Waals surface area contributed by atoms with Crippen molar-refractivity contribution >= 4 is 0 Å². The SMILES string of the molecule is C1=CCC(N2CCC2)CC1. The van der Waals surface area contributed by atoms with Crippen molar-refractivity contribution < 1.29 is 0 Å². The Labute approximate surface area is 62.7 Å². The van der Waals surface area contributed by atoms with Crippen LogP contribution >= 0.6 is 0 Å². The van der Waals surface area contributed by atoms with Crippen LogP contribution in [0.3, 0.4) is 0 Å². The fourth-order valence-corrected chi connectivity index (χ4v) is 1.82. The van der Waals surface area contributed by atoms with Crippen molar-refractivity contribution in [2.24, 2.45) is 0 Å². The summed E-state index contributed by atoms with van der Waals surface area (Å²) in [5, 5.41) is 0. The summed E-state index contributed by atoms with van der Waals surface area (Å²) in [4.78, 5) is 2.61. The first kappa shape index (κ1) is 6.41. The molecule has 2 aliphatic rings. The van der Waals surface area contributed by atoms with Gasteiger partial charge in [0.2, 0.25) is 0 Å². The molecule has 0 aromatic carbocycles. The fraction of sp³-hybridized carbons (Fsp3) is 0.778. The molecule has 0 spiro atoms. The molecule has 1 atom stereocenters. The molecular weight excluding hydrogens is 122 g/mol. The molecule has 1 unspecified atom stereocenters. The molecule has 0 radical (unpaired) electrons. The van der Waals surface area contributed by atoms with Gasteiger partial charge >= 0.3 is 0 Å². The van der Waals surface area contributed by atoms with Crippen molar-refractivity contribution in [1.82, 2.24) is 4.90 Å². The highest BCUT2D eigenvalue weighted by molar-refractivity contribution is 4.95. The Morgan fingerprint density at radius 1 is 1.20 bits per heavy atom. The Balaban J connectivity index is 1.86. The highest BCUT2D eigenvalue weighted by Crippen LogP contribution is 2.21. The third kappa shape index (κ3) is 1.10. The molecule has 1 nitrogen and oxygen atoms in total. The van der Waals surface area contributed by atoms with E-state index in [9.17, 15) is 0 Å². The van der Waals surface area contributed by atoms with E-state index >= 15 is 0 Å². The predicted molar refractivity (Wildman–Crippen MR) is 43.0 cm³/mol. The van der Waals surface area contributed by atoms with Crippen LogP contribution in [0.5, 0.6) is 0 Å². The third-order valence-corrected chi connectivity index (χ3v) is 2.65. The maximum Gasteiger partial charge on any atom is 0.0133 e. The molecule has 1 aliphatic heterocycles. The van der Waals surface area contributed by atoms with Gasteiger partial charge in [0.05, 0.1) is 0 Å². The van der Waals surface area contributed by atoms with E-state index in [-0.39, 0.29) is 0 Å². The summed E-state index contributed by atoms with van der Waals surface area (Å²) >= 11 is 0. The van der Waals surface area contributed by atoms with Crippen molar-refractivity contribution in [1.29, 1.82) is 0 Å². The lowest BCUT2D eigenvalue weighted by Crippen LogP contribution is -2.45. The van der Waals surface area contributed by atoms with Crippen LogP contribution in [0.2, 0.25) is 0 Å². The molecule has 1 heteroatoms. The van der Waals surface area contributed by atoms with E-state index in [1.54, 1.807) is 0 Å². The van der Waals surface area contributed by atoms with E-state index in [0.29, 0.717) is 0 Å². The van der Waals surface area contributed by atoms with Crippen LogP contribution in [0.1, 0.15) is 25.7 Å². The normalized spacial score (nSPS) is 33.8. The lowest BCUT2D eigenvalue weighted by atomic mass is 9.98. The molecule has 0 saturated carbocycles. The molecule has 0 N–H and O–H groups in total. The summed E-state index contributed by atoms with van der Waals surface area (Å²) in [7, 11) is 0. The Hall–Kier alpha value is -0.300. The molecule has 2 rings (SSSR count). The van der Waals surface area contributed by atoms with Crippen LogP contribution in [-0.2, 0) is 0 Å². The second-order valence-electron chi connectivity index (χ2n) is 3.33. The first-order valence-electron chi connectivity index (χ1n) is 4.36. The summed E-state index contributed by atoms with van der Waals surface area (Å²) in [6.45, 7) is 2.72. The molecular formula is C9H15N. The van der Waals surface area contributed by atoms with Gasteiger partial charge in [0.15, 0.2) is 0 Å². The first-order chi connectivity index (χ1) is 4.97. The minimum atomic E-state index is 0.902. The van der Waals surface area contributed by atoms with Gasteiger partial charge in [-0.2, -0.15) is 0 Å². The molecule has 0 aromatic heterocycles. The number of allylic oxidation sites excluding steroid dienone is 1. The monoisotopic (exact) mass is 137 g/mol. The van der Waals surface area contributed by atoms with Gasteiger partial charge in [0, 0.05) is 6.04 Å². The predicted octanol–water partition coefficient (Wildman–Crippen LogP) is 1.80. The molecule has 0 bridgehead atoms. The molecule has 1 heterocycles. The molecule has 0 amide bonds. The van der Waals surface area contributed by atoms with Gasteiger partial charge < -0.3 is 0 Å². The number of likely N-dealkylation sites (tertiary alicyclic amines) is 1. The minimum absolute atomic E-state index is 0.902. The highest BCUT2D eigenvalue weighted by Gasteiger charge is 2.23. The van der Waals surface area contributed by atoms with Gasteiger partial charge in [-0.25, -0.2) is 0 Å². The molecule has 56 valence electrons. The molecule has 10 heavy (non-hydrogen) atoms. The lowest BCUT2D eigenvalue weighted by Gasteiger charge is -2.39. The Morgan fingerprint density at radius 2 is 2.10 bits per heavy atom. The minimum Gasteiger partial charge on any atom is -0.300 e. The standard InChI is InChI=1S/C9H15N/c1-2-5-9(6-3-1)10-7-4-8-10/h1-2,9H,3-8H2. The Kier molecular flexibility index (Phi) is 1.76. The van der Waals surface area contributed by atoms with Crippen LogP contribution in [0, 0.1) is 0 Å². The van der Waals surface area contributed by atoms with Gasteiger partial charge in [-0.05, 0) is 38.8 Å². The van der Waals surface area contributed by atoms with Crippen LogP contribution < -0.4 is 0 Å². The zero-order valence-corrected chi connectivity index (χ0v) is 6.42. The number of nitrogens with zero attached hydrogens (tertiary/aromatic N) is 1. The summed E-state index contributed by atoms with van der Waals surface area (Å²) in [5.41, 5.74) is 0. The number of hydrogen-bond donors (Lipinski definition) is 0. The average Bonchev–Trinajstić information content (AvgIpc) is 1.86. The maximum absolute atomic E-state index is 2.61. The van der Waals surface area contributed by atoms with Gasteiger partial charge in [-0.1, -0.05) is 12.2 Å². The maximum atomic E-state index is 2.61. The molecule has 0 aromatic rings. The van der Waals surface area contributed by atoms with E-state index in [4.69, 9.17) is 0 Å². The Bertz CT molecular complexity index is 136. The summed E-state index contributed by atoms with van der Waals surface area (Å²) in [6.07, 6.45) is 10.1. The Morgan fingerprint density at radius 3 is 2.60 bits per heavy atom. The van der Waals surface area contributed by atoms with E-state index in [0.717, 1.165) is 6.04 Å². The van der Waals surface area contributed by atoms with E-state index in [1.807, 2.05) is 0 Å². The average molecular weight is 137 g/mol. The van der Waals surface area contributed by atoms with Crippen molar-refractivity contribution in [3.05, 3.63) is 12.2 Å². The quantitative estimate of drug-likeness (QED) is 0.498. The van der Waals surface area contributed by atoms with E-state index in [1.165, 1.54) is 38.8 Å². The van der Waals surface area contributed by atoms with Crippen LogP contribution in [0.25, 0.3) is 0 Å². The van der Waals surface area contributed by atoms with E-state index in [2.05, 4.69) is 17.1 Å². The smallest absolute Gasteiger partial charge is 0.0133 e. The van der Waals surface area contributed by atoms with Crippen LogP contribution in [-0.4, -0.2) is 24.0 Å². The lowest BCUT2D eigenvalue weighted by molar-refractivity contribution is 0.111. The van der Waals surface area contributed by atoms with Gasteiger partial charge in [0.25, 0.3) is 0 Å². The van der Waals surface area contributed by atoms with Crippen molar-refractivity contribution in [2.45, 2.75) is 31.7 Å². The summed E-state index contributed by atoms with van der Waals surface area (Å²) < 4.78 is 0. The number of hydrogen-bond acceptors (Lipinski definition) is 1. The third-order valence-electron chi connectivity index (χ3n) is 2.65. The zero-order chi connectivity index (χ0) is 6.81. The summed E-state index contributed by atoms with van der Waals surface area (Å²) in [6, 6.07) is 0.902. The second-order valence-corrected chi connectivity index (χ2v) is 3.33. The topological polar surface area (TPSA) is 3.24 Å². The van der Waals surface area contributed by atoms with Crippen LogP contribution in [0.4, 0.5) is 0 Å². The van der Waals surface area contributed by atoms with Crippen molar-refractivity contribution in [3.8, 4) is 0 Å².